The molecule has 0 N–H and O–H groups in total. The maximum atomic E-state index is 5.40. The van der Waals surface area contributed by atoms with Crippen LogP contribution in [0.15, 0.2) is 83.9 Å². The molecule has 0 aromatic heterocycles. The highest BCUT2D eigenvalue weighted by Crippen LogP contribution is 2.41. The quantitative estimate of drug-likeness (QED) is 0.638. The minimum atomic E-state index is 0.134. The summed E-state index contributed by atoms with van der Waals surface area (Å²) in [6, 6.07) is 27.5. The van der Waals surface area contributed by atoms with Gasteiger partial charge in [0.15, 0.2) is 0 Å². The van der Waals surface area contributed by atoms with Gasteiger partial charge in [0.05, 0.1) is 18.8 Å². The van der Waals surface area contributed by atoms with Gasteiger partial charge in [-0.2, -0.15) is 0 Å². The van der Waals surface area contributed by atoms with Gasteiger partial charge < -0.3 is 9.64 Å². The van der Waals surface area contributed by atoms with E-state index in [1.54, 1.807) is 7.11 Å². The summed E-state index contributed by atoms with van der Waals surface area (Å²) in [4.78, 5) is 7.24. The van der Waals surface area contributed by atoms with Crippen molar-refractivity contribution in [1.29, 1.82) is 0 Å². The van der Waals surface area contributed by atoms with Gasteiger partial charge in [-0.25, -0.2) is 4.99 Å². The van der Waals surface area contributed by atoms with Crippen molar-refractivity contribution in [3.63, 3.8) is 0 Å². The molecule has 0 saturated heterocycles. The number of hydrogen-bond donors (Lipinski definition) is 0. The van der Waals surface area contributed by atoms with E-state index in [9.17, 15) is 0 Å². The van der Waals surface area contributed by atoms with E-state index in [2.05, 4.69) is 78.6 Å². The first-order valence-electron chi connectivity index (χ1n) is 8.85. The number of aliphatic imine (C=N–C) groups is 1. The molecule has 0 bridgehead atoms. The predicted molar refractivity (Wildman–Crippen MR) is 106 cm³/mol. The highest BCUT2D eigenvalue weighted by atomic mass is 16.5. The first kappa shape index (κ1) is 16.4. The number of nitrogens with zero attached hydrogens (tertiary/aromatic N) is 2. The Morgan fingerprint density at radius 2 is 1.62 bits per heavy atom. The molecule has 0 spiro atoms. The predicted octanol–water partition coefficient (Wildman–Crippen LogP) is 5.35. The van der Waals surface area contributed by atoms with Gasteiger partial charge in [-0.1, -0.05) is 66.7 Å². The standard InChI is InChI=1S/C23H22N2O/c1-17-24-22-15-20(26-2)13-14-21(22)23(19-11-7-4-8-12-19)25(17)16-18-9-5-3-6-10-18/h3-15,23H,16H2,1-2H3. The Kier molecular flexibility index (Phi) is 4.44. The Morgan fingerprint density at radius 3 is 2.31 bits per heavy atom. The van der Waals surface area contributed by atoms with Crippen LogP contribution in [0, 0.1) is 0 Å². The molecule has 1 heterocycles. The summed E-state index contributed by atoms with van der Waals surface area (Å²) < 4.78 is 5.40. The van der Waals surface area contributed by atoms with Gasteiger partial charge >= 0.3 is 0 Å². The summed E-state index contributed by atoms with van der Waals surface area (Å²) in [7, 11) is 1.69. The van der Waals surface area contributed by atoms with Crippen LogP contribution in [0.5, 0.6) is 5.75 Å². The Balaban J connectivity index is 1.82. The third-order valence-corrected chi connectivity index (χ3v) is 4.85. The monoisotopic (exact) mass is 342 g/mol. The summed E-state index contributed by atoms with van der Waals surface area (Å²) in [6.07, 6.45) is 0. The number of ether oxygens (including phenoxy) is 1. The summed E-state index contributed by atoms with van der Waals surface area (Å²) in [5, 5.41) is 0. The Labute approximate surface area is 154 Å². The van der Waals surface area contributed by atoms with Crippen LogP contribution in [-0.2, 0) is 6.54 Å². The molecule has 0 aliphatic carbocycles. The van der Waals surface area contributed by atoms with E-state index in [0.717, 1.165) is 23.8 Å². The number of benzene rings is 3. The van der Waals surface area contributed by atoms with E-state index in [-0.39, 0.29) is 6.04 Å². The number of hydrogen-bond acceptors (Lipinski definition) is 3. The number of amidine groups is 1. The van der Waals surface area contributed by atoms with Gasteiger partial charge in [-0.15, -0.1) is 0 Å². The minimum absolute atomic E-state index is 0.134. The first-order chi connectivity index (χ1) is 12.8. The fraction of sp³-hybridized carbons (Fsp3) is 0.174. The lowest BCUT2D eigenvalue weighted by Crippen LogP contribution is -2.35. The average molecular weight is 342 g/mol. The number of rotatable bonds is 4. The van der Waals surface area contributed by atoms with Crippen LogP contribution >= 0.6 is 0 Å². The Bertz CT molecular complexity index is 919. The number of methoxy groups -OCH3 is 1. The molecule has 3 nitrogen and oxygen atoms in total. The molecule has 1 atom stereocenters. The van der Waals surface area contributed by atoms with Crippen molar-refractivity contribution in [3.8, 4) is 5.75 Å². The normalized spacial score (nSPS) is 16.0. The maximum absolute atomic E-state index is 5.40. The zero-order chi connectivity index (χ0) is 17.9. The lowest BCUT2D eigenvalue weighted by atomic mass is 9.93. The molecule has 4 rings (SSSR count). The molecule has 0 saturated carbocycles. The van der Waals surface area contributed by atoms with Crippen LogP contribution in [0.25, 0.3) is 0 Å². The van der Waals surface area contributed by atoms with Gasteiger partial charge in [-0.05, 0) is 24.1 Å². The van der Waals surface area contributed by atoms with E-state index < -0.39 is 0 Å². The zero-order valence-corrected chi connectivity index (χ0v) is 15.1. The number of fused-ring (bicyclic) bond motifs is 1. The van der Waals surface area contributed by atoms with E-state index in [1.807, 2.05) is 12.1 Å². The first-order valence-corrected chi connectivity index (χ1v) is 8.85. The van der Waals surface area contributed by atoms with Crippen molar-refractivity contribution in [2.75, 3.05) is 7.11 Å². The molecule has 130 valence electrons. The molecule has 3 heteroatoms. The van der Waals surface area contributed by atoms with Gasteiger partial charge in [0, 0.05) is 18.2 Å². The molecule has 1 aliphatic heterocycles. The second kappa shape index (κ2) is 7.04. The topological polar surface area (TPSA) is 24.8 Å². The summed E-state index contributed by atoms with van der Waals surface area (Å²) in [5.41, 5.74) is 4.74. The molecule has 0 amide bonds. The third-order valence-electron chi connectivity index (χ3n) is 4.85. The van der Waals surface area contributed by atoms with Crippen molar-refractivity contribution in [2.45, 2.75) is 19.5 Å². The fourth-order valence-corrected chi connectivity index (χ4v) is 3.55. The van der Waals surface area contributed by atoms with Crippen LogP contribution in [0.1, 0.15) is 29.7 Å². The molecular weight excluding hydrogens is 320 g/mol. The van der Waals surface area contributed by atoms with Gasteiger partial charge in [0.25, 0.3) is 0 Å². The highest BCUT2D eigenvalue weighted by molar-refractivity contribution is 5.86. The van der Waals surface area contributed by atoms with Crippen molar-refractivity contribution >= 4 is 11.5 Å². The van der Waals surface area contributed by atoms with Crippen molar-refractivity contribution < 1.29 is 4.74 Å². The van der Waals surface area contributed by atoms with Gasteiger partial charge in [-0.3, -0.25) is 0 Å². The van der Waals surface area contributed by atoms with E-state index in [4.69, 9.17) is 9.73 Å². The SMILES string of the molecule is COc1ccc2c(c1)N=C(C)N(Cc1ccccc1)C2c1ccccc1. The zero-order valence-electron chi connectivity index (χ0n) is 15.1. The Hall–Kier alpha value is -3.07. The largest absolute Gasteiger partial charge is 0.497 e. The minimum Gasteiger partial charge on any atom is -0.497 e. The van der Waals surface area contributed by atoms with Gasteiger partial charge in [0.2, 0.25) is 0 Å². The molecule has 1 aliphatic rings. The molecule has 0 fully saturated rings. The molecular formula is C23H22N2O. The van der Waals surface area contributed by atoms with Crippen molar-refractivity contribution in [2.24, 2.45) is 4.99 Å². The summed E-state index contributed by atoms with van der Waals surface area (Å²) in [6.45, 7) is 2.91. The molecule has 3 aromatic carbocycles. The van der Waals surface area contributed by atoms with Crippen LogP contribution < -0.4 is 4.74 Å². The van der Waals surface area contributed by atoms with Crippen LogP contribution in [0.3, 0.4) is 0 Å². The van der Waals surface area contributed by atoms with Crippen molar-refractivity contribution in [1.82, 2.24) is 4.90 Å². The highest BCUT2D eigenvalue weighted by Gasteiger charge is 2.29. The second-order valence-electron chi connectivity index (χ2n) is 6.51. The molecule has 0 radical (unpaired) electrons. The maximum Gasteiger partial charge on any atom is 0.121 e. The lowest BCUT2D eigenvalue weighted by Gasteiger charge is -2.38. The summed E-state index contributed by atoms with van der Waals surface area (Å²) in [5.74, 6) is 1.85. The average Bonchev–Trinajstić information content (AvgIpc) is 2.69. The lowest BCUT2D eigenvalue weighted by molar-refractivity contribution is 0.341. The van der Waals surface area contributed by atoms with Gasteiger partial charge in [0.1, 0.15) is 11.6 Å². The van der Waals surface area contributed by atoms with Crippen molar-refractivity contribution in [3.05, 3.63) is 95.6 Å². The van der Waals surface area contributed by atoms with E-state index >= 15 is 0 Å². The third kappa shape index (κ3) is 3.08. The molecule has 3 aromatic rings. The fourth-order valence-electron chi connectivity index (χ4n) is 3.55. The van der Waals surface area contributed by atoms with E-state index in [1.165, 1.54) is 16.7 Å². The van der Waals surface area contributed by atoms with Crippen LogP contribution in [0.2, 0.25) is 0 Å². The molecule has 1 unspecified atom stereocenters. The Morgan fingerprint density at radius 1 is 0.923 bits per heavy atom. The van der Waals surface area contributed by atoms with Crippen LogP contribution in [-0.4, -0.2) is 17.8 Å². The second-order valence-corrected chi connectivity index (χ2v) is 6.51. The van der Waals surface area contributed by atoms with Crippen LogP contribution in [0.4, 0.5) is 5.69 Å². The molecule has 26 heavy (non-hydrogen) atoms. The summed E-state index contributed by atoms with van der Waals surface area (Å²) >= 11 is 0. The van der Waals surface area contributed by atoms with E-state index in [0.29, 0.717) is 0 Å². The smallest absolute Gasteiger partial charge is 0.121 e.